The number of hydrogen-bond donors (Lipinski definition) is 3. The smallest absolute Gasteiger partial charge is 0.300 e. The molecule has 10 nitrogen and oxygen atoms in total. The van der Waals surface area contributed by atoms with Crippen LogP contribution in [0.25, 0.3) is 11.0 Å². The van der Waals surface area contributed by atoms with E-state index < -0.39 is 11.2 Å². The summed E-state index contributed by atoms with van der Waals surface area (Å²) in [7, 11) is 0. The molecular weight excluding hydrogens is 294 g/mol. The van der Waals surface area contributed by atoms with Crippen molar-refractivity contribution in [1.29, 1.82) is 0 Å². The monoisotopic (exact) mass is 309 g/mol. The molecule has 0 spiro atoms. The topological polar surface area (TPSA) is 136 Å². The fraction of sp³-hybridized carbons (Fsp3) is 0.500. The average Bonchev–Trinajstić information content (AvgIpc) is 3.07. The molecule has 0 bridgehead atoms. The molecule has 10 heteroatoms. The number of hydrogen-bond acceptors (Lipinski definition) is 8. The van der Waals surface area contributed by atoms with Crippen molar-refractivity contribution in [1.82, 2.24) is 14.5 Å². The van der Waals surface area contributed by atoms with E-state index in [-0.39, 0.29) is 41.2 Å². The highest BCUT2D eigenvalue weighted by Gasteiger charge is 2.36. The van der Waals surface area contributed by atoms with Crippen LogP contribution in [0.3, 0.4) is 0 Å². The van der Waals surface area contributed by atoms with Gasteiger partial charge in [0.05, 0.1) is 23.8 Å². The highest BCUT2D eigenvalue weighted by atomic mass is 16.6. The van der Waals surface area contributed by atoms with Gasteiger partial charge >= 0.3 is 0 Å². The Labute approximate surface area is 124 Å². The molecule has 1 aliphatic rings. The number of nitro groups is 1. The largest absolute Gasteiger partial charge is 0.394 e. The first-order chi connectivity index (χ1) is 10.6. The zero-order chi connectivity index (χ0) is 15.9. The molecule has 1 saturated heterocycles. The van der Waals surface area contributed by atoms with Crippen LogP contribution in [0, 0.1) is 16.0 Å². The van der Waals surface area contributed by atoms with Gasteiger partial charge in [-0.2, -0.15) is 0 Å². The fourth-order valence-electron chi connectivity index (χ4n) is 2.86. The third-order valence-corrected chi connectivity index (χ3v) is 3.82. The molecule has 2 aromatic heterocycles. The highest BCUT2D eigenvalue weighted by Crippen LogP contribution is 2.39. The van der Waals surface area contributed by atoms with E-state index in [1.54, 1.807) is 4.57 Å². The predicted molar refractivity (Wildman–Crippen MR) is 74.4 cm³/mol. The summed E-state index contributed by atoms with van der Waals surface area (Å²) in [6.07, 6.45) is 2.37. The van der Waals surface area contributed by atoms with Gasteiger partial charge in [-0.1, -0.05) is 6.92 Å². The third kappa shape index (κ3) is 2.17. The van der Waals surface area contributed by atoms with E-state index in [2.05, 4.69) is 9.97 Å². The number of anilines is 1. The standard InChI is InChI=1S/C12H15N5O5/c1-6-2-7(4-18)22-12(6)16-3-8(17(20)21)9-10(15-19)13-5-14-11(9)16/h3,5-7,12,18-19H,2,4H2,1H3,(H,13,14,15)/t6-,7-,12+/m0/s1. The molecule has 0 saturated carbocycles. The van der Waals surface area contributed by atoms with Crippen LogP contribution in [0.2, 0.25) is 0 Å². The molecule has 3 N–H and O–H groups in total. The van der Waals surface area contributed by atoms with Crippen molar-refractivity contribution in [3.63, 3.8) is 0 Å². The van der Waals surface area contributed by atoms with Crippen molar-refractivity contribution >= 4 is 22.5 Å². The van der Waals surface area contributed by atoms with Crippen LogP contribution in [0.4, 0.5) is 11.5 Å². The van der Waals surface area contributed by atoms with E-state index in [0.29, 0.717) is 6.42 Å². The fourth-order valence-corrected chi connectivity index (χ4v) is 2.86. The molecule has 1 fully saturated rings. The van der Waals surface area contributed by atoms with Gasteiger partial charge in [-0.05, 0) is 6.42 Å². The Balaban J connectivity index is 2.17. The van der Waals surface area contributed by atoms with E-state index in [9.17, 15) is 15.2 Å². The van der Waals surface area contributed by atoms with Gasteiger partial charge in [0.2, 0.25) is 0 Å². The van der Waals surface area contributed by atoms with Gasteiger partial charge in [-0.3, -0.25) is 25.4 Å². The number of ether oxygens (including phenoxy) is 1. The molecule has 3 rings (SSSR count). The molecule has 22 heavy (non-hydrogen) atoms. The number of fused-ring (bicyclic) bond motifs is 1. The predicted octanol–water partition coefficient (Wildman–Crippen LogP) is 1.06. The second-order valence-electron chi connectivity index (χ2n) is 5.26. The van der Waals surface area contributed by atoms with Crippen molar-refractivity contribution in [2.75, 3.05) is 12.1 Å². The minimum absolute atomic E-state index is 0.0418. The quantitative estimate of drug-likeness (QED) is 0.563. The molecule has 3 heterocycles. The Morgan fingerprint density at radius 2 is 2.36 bits per heavy atom. The molecule has 0 aliphatic carbocycles. The minimum Gasteiger partial charge on any atom is -0.394 e. The Morgan fingerprint density at radius 3 is 2.95 bits per heavy atom. The first-order valence-electron chi connectivity index (χ1n) is 6.73. The van der Waals surface area contributed by atoms with Crippen molar-refractivity contribution < 1.29 is 20.0 Å². The van der Waals surface area contributed by atoms with E-state index in [0.717, 1.165) is 0 Å². The summed E-state index contributed by atoms with van der Waals surface area (Å²) in [5.74, 6) is 0.00710. The Hall–Kier alpha value is -2.30. The summed E-state index contributed by atoms with van der Waals surface area (Å²) >= 11 is 0. The number of aliphatic hydroxyl groups excluding tert-OH is 1. The number of rotatable bonds is 4. The van der Waals surface area contributed by atoms with Crippen LogP contribution in [-0.2, 0) is 4.74 Å². The second kappa shape index (κ2) is 5.48. The van der Waals surface area contributed by atoms with Crippen molar-refractivity contribution in [3.8, 4) is 0 Å². The van der Waals surface area contributed by atoms with Gasteiger partial charge < -0.3 is 9.84 Å². The minimum atomic E-state index is -0.563. The maximum Gasteiger partial charge on any atom is 0.300 e. The van der Waals surface area contributed by atoms with Crippen LogP contribution in [0.5, 0.6) is 0 Å². The van der Waals surface area contributed by atoms with Crippen LogP contribution in [0.15, 0.2) is 12.5 Å². The Kier molecular flexibility index (Phi) is 3.64. The zero-order valence-electron chi connectivity index (χ0n) is 11.7. The highest BCUT2D eigenvalue weighted by molar-refractivity contribution is 5.95. The van der Waals surface area contributed by atoms with Crippen LogP contribution in [-0.4, -0.2) is 42.5 Å². The van der Waals surface area contributed by atoms with E-state index >= 15 is 0 Å². The van der Waals surface area contributed by atoms with Gasteiger partial charge in [0, 0.05) is 5.92 Å². The zero-order valence-corrected chi connectivity index (χ0v) is 11.7. The van der Waals surface area contributed by atoms with Crippen molar-refractivity contribution in [3.05, 3.63) is 22.6 Å². The molecule has 118 valence electrons. The van der Waals surface area contributed by atoms with Crippen molar-refractivity contribution in [2.45, 2.75) is 25.7 Å². The van der Waals surface area contributed by atoms with Gasteiger partial charge in [-0.15, -0.1) is 0 Å². The molecule has 2 aromatic rings. The summed E-state index contributed by atoms with van der Waals surface area (Å²) in [6, 6.07) is 0. The van der Waals surface area contributed by atoms with E-state index in [1.165, 1.54) is 12.5 Å². The number of nitrogens with zero attached hydrogens (tertiary/aromatic N) is 4. The lowest BCUT2D eigenvalue weighted by Crippen LogP contribution is -2.15. The first kappa shape index (κ1) is 14.6. The van der Waals surface area contributed by atoms with Gasteiger partial charge in [-0.25, -0.2) is 9.97 Å². The molecule has 0 aromatic carbocycles. The summed E-state index contributed by atoms with van der Waals surface area (Å²) in [5, 5.41) is 29.7. The van der Waals surface area contributed by atoms with E-state index in [1.807, 2.05) is 12.4 Å². The molecule has 3 atom stereocenters. The molecule has 1 aliphatic heterocycles. The third-order valence-electron chi connectivity index (χ3n) is 3.82. The van der Waals surface area contributed by atoms with Crippen molar-refractivity contribution in [2.24, 2.45) is 5.92 Å². The molecule has 0 amide bonds. The summed E-state index contributed by atoms with van der Waals surface area (Å²) < 4.78 is 7.28. The SMILES string of the molecule is C[C@H]1C[C@@H](CO)O[C@H]1n1cc([N+](=O)[O-])c2c(NO)ncnc21. The number of aliphatic hydroxyl groups is 1. The van der Waals surface area contributed by atoms with Gasteiger partial charge in [0.25, 0.3) is 5.69 Å². The van der Waals surface area contributed by atoms with Crippen LogP contribution in [0.1, 0.15) is 19.6 Å². The summed E-state index contributed by atoms with van der Waals surface area (Å²) in [6.45, 7) is 1.82. The van der Waals surface area contributed by atoms with Gasteiger partial charge in [0.15, 0.2) is 11.5 Å². The first-order valence-corrected chi connectivity index (χ1v) is 6.73. The van der Waals surface area contributed by atoms with Gasteiger partial charge in [0.1, 0.15) is 17.9 Å². The maximum absolute atomic E-state index is 11.3. The number of aromatic nitrogens is 3. The summed E-state index contributed by atoms with van der Waals surface area (Å²) in [5.41, 5.74) is 1.91. The van der Waals surface area contributed by atoms with Crippen LogP contribution >= 0.6 is 0 Å². The lowest BCUT2D eigenvalue weighted by atomic mass is 10.1. The Bertz CT molecular complexity index is 717. The second-order valence-corrected chi connectivity index (χ2v) is 5.26. The lowest BCUT2D eigenvalue weighted by molar-refractivity contribution is -0.383. The average molecular weight is 309 g/mol. The normalized spacial score (nSPS) is 24.8. The maximum atomic E-state index is 11.3. The molecule has 0 unspecified atom stereocenters. The lowest BCUT2D eigenvalue weighted by Gasteiger charge is -2.17. The molecule has 0 radical (unpaired) electrons. The van der Waals surface area contributed by atoms with E-state index in [4.69, 9.17) is 9.94 Å². The Morgan fingerprint density at radius 1 is 1.59 bits per heavy atom. The van der Waals surface area contributed by atoms with Crippen LogP contribution < -0.4 is 5.48 Å². The molecular formula is C12H15N5O5. The number of nitrogens with one attached hydrogen (secondary N) is 1. The summed E-state index contributed by atoms with van der Waals surface area (Å²) in [4.78, 5) is 18.6.